The quantitative estimate of drug-likeness (QED) is 0.792. The molecule has 126 valence electrons. The van der Waals surface area contributed by atoms with Crippen molar-refractivity contribution in [3.8, 4) is 0 Å². The number of carbonyl (C=O) groups excluding carboxylic acids is 1. The molecule has 2 saturated heterocycles. The van der Waals surface area contributed by atoms with Crippen molar-refractivity contribution in [2.24, 2.45) is 5.41 Å². The van der Waals surface area contributed by atoms with Crippen LogP contribution in [0.25, 0.3) is 0 Å². The number of benzene rings is 1. The highest BCUT2D eigenvalue weighted by Crippen LogP contribution is 2.55. The molecule has 0 aliphatic carbocycles. The van der Waals surface area contributed by atoms with Crippen LogP contribution in [-0.4, -0.2) is 35.8 Å². The second-order valence-electron chi connectivity index (χ2n) is 7.17. The maximum absolute atomic E-state index is 12.7. The first-order chi connectivity index (χ1) is 11.6. The monoisotopic (exact) mass is 340 g/mol. The van der Waals surface area contributed by atoms with Crippen LogP contribution in [0, 0.1) is 12.3 Å². The fraction of sp³-hybridized carbons (Fsp3) is 0.450. The standard InChI is InChI=1S/C20H24N2OS/c1-15-8-9-17(24-15)14-22-12-10-20(11-13-22)18(21(2)19(20)23)16-6-4-3-5-7-16/h3-9,18H,10-14H2,1-2H3. The highest BCUT2D eigenvalue weighted by atomic mass is 32.1. The summed E-state index contributed by atoms with van der Waals surface area (Å²) in [4.78, 5) is 19.9. The number of thiophene rings is 1. The van der Waals surface area contributed by atoms with Gasteiger partial charge in [0.15, 0.2) is 0 Å². The second kappa shape index (κ2) is 6.01. The number of hydrogen-bond acceptors (Lipinski definition) is 3. The van der Waals surface area contributed by atoms with Gasteiger partial charge in [-0.3, -0.25) is 9.69 Å². The molecule has 1 aromatic heterocycles. The third-order valence-corrected chi connectivity index (χ3v) is 6.68. The molecule has 4 rings (SSSR count). The predicted octanol–water partition coefficient (Wildman–Crippen LogP) is 3.85. The summed E-state index contributed by atoms with van der Waals surface area (Å²) >= 11 is 1.88. The highest BCUT2D eigenvalue weighted by Gasteiger charge is 2.59. The lowest BCUT2D eigenvalue weighted by Gasteiger charge is -2.58. The summed E-state index contributed by atoms with van der Waals surface area (Å²) in [5.41, 5.74) is 1.11. The maximum atomic E-state index is 12.7. The van der Waals surface area contributed by atoms with Crippen molar-refractivity contribution in [2.75, 3.05) is 20.1 Å². The second-order valence-corrected chi connectivity index (χ2v) is 8.55. The van der Waals surface area contributed by atoms with Crippen molar-refractivity contribution in [2.45, 2.75) is 32.4 Å². The van der Waals surface area contributed by atoms with Crippen LogP contribution in [0.15, 0.2) is 42.5 Å². The van der Waals surface area contributed by atoms with Gasteiger partial charge in [-0.15, -0.1) is 11.3 Å². The molecule has 24 heavy (non-hydrogen) atoms. The Hall–Kier alpha value is -1.65. The van der Waals surface area contributed by atoms with Crippen molar-refractivity contribution < 1.29 is 4.79 Å². The molecule has 3 heterocycles. The summed E-state index contributed by atoms with van der Waals surface area (Å²) in [6, 6.07) is 15.2. The van der Waals surface area contributed by atoms with Crippen LogP contribution in [0.3, 0.4) is 0 Å². The Bertz CT molecular complexity index is 731. The number of carbonyl (C=O) groups is 1. The topological polar surface area (TPSA) is 23.6 Å². The fourth-order valence-electron chi connectivity index (χ4n) is 4.46. The van der Waals surface area contributed by atoms with Crippen LogP contribution in [0.4, 0.5) is 0 Å². The van der Waals surface area contributed by atoms with Gasteiger partial charge in [-0.1, -0.05) is 30.3 Å². The Morgan fingerprint density at radius 3 is 2.46 bits per heavy atom. The molecule has 3 nitrogen and oxygen atoms in total. The number of hydrogen-bond donors (Lipinski definition) is 0. The zero-order chi connectivity index (χ0) is 16.7. The van der Waals surface area contributed by atoms with E-state index in [1.165, 1.54) is 15.3 Å². The zero-order valence-electron chi connectivity index (χ0n) is 14.4. The number of β-lactam (4-membered cyclic amide) rings is 1. The Morgan fingerprint density at radius 1 is 1.12 bits per heavy atom. The summed E-state index contributed by atoms with van der Waals surface area (Å²) in [5, 5.41) is 0. The van der Waals surface area contributed by atoms with Gasteiger partial charge in [0.1, 0.15) is 0 Å². The van der Waals surface area contributed by atoms with Gasteiger partial charge in [-0.05, 0) is 50.6 Å². The van der Waals surface area contributed by atoms with E-state index < -0.39 is 0 Å². The molecular formula is C20H24N2OS. The van der Waals surface area contributed by atoms with Gasteiger partial charge in [-0.25, -0.2) is 0 Å². The summed E-state index contributed by atoms with van der Waals surface area (Å²) in [5.74, 6) is 0.336. The molecule has 0 radical (unpaired) electrons. The first-order valence-electron chi connectivity index (χ1n) is 8.70. The number of likely N-dealkylation sites (tertiary alicyclic amines) is 2. The number of rotatable bonds is 3. The Labute approximate surface area is 147 Å². The number of aryl methyl sites for hydroxylation is 1. The average molecular weight is 340 g/mol. The molecule has 2 aliphatic rings. The normalized spacial score (nSPS) is 23.5. The molecule has 1 atom stereocenters. The van der Waals surface area contributed by atoms with E-state index in [0.29, 0.717) is 5.91 Å². The Kier molecular flexibility index (Phi) is 3.97. The van der Waals surface area contributed by atoms with Crippen molar-refractivity contribution in [3.63, 3.8) is 0 Å². The lowest BCUT2D eigenvalue weighted by Crippen LogP contribution is -2.64. The summed E-state index contributed by atoms with van der Waals surface area (Å²) in [6.07, 6.45) is 1.94. The van der Waals surface area contributed by atoms with Crippen molar-refractivity contribution in [3.05, 3.63) is 57.8 Å². The van der Waals surface area contributed by atoms with Crippen molar-refractivity contribution >= 4 is 17.2 Å². The first-order valence-corrected chi connectivity index (χ1v) is 9.52. The van der Waals surface area contributed by atoms with Gasteiger partial charge in [0, 0.05) is 23.3 Å². The van der Waals surface area contributed by atoms with Gasteiger partial charge in [0.25, 0.3) is 0 Å². The van der Waals surface area contributed by atoms with E-state index in [9.17, 15) is 4.79 Å². The van der Waals surface area contributed by atoms with Gasteiger partial charge in [0.05, 0.1) is 11.5 Å². The van der Waals surface area contributed by atoms with Crippen molar-refractivity contribution in [1.82, 2.24) is 9.80 Å². The molecule has 0 N–H and O–H groups in total. The van der Waals surface area contributed by atoms with Gasteiger partial charge >= 0.3 is 0 Å². The van der Waals surface area contributed by atoms with E-state index in [0.717, 1.165) is 32.5 Å². The van der Waals surface area contributed by atoms with Crippen LogP contribution in [-0.2, 0) is 11.3 Å². The predicted molar refractivity (Wildman–Crippen MR) is 98.0 cm³/mol. The summed E-state index contributed by atoms with van der Waals surface area (Å²) in [7, 11) is 1.95. The lowest BCUT2D eigenvalue weighted by atomic mass is 9.62. The van der Waals surface area contributed by atoms with Crippen LogP contribution in [0.1, 0.15) is 34.2 Å². The van der Waals surface area contributed by atoms with Gasteiger partial charge < -0.3 is 4.90 Å². The smallest absolute Gasteiger partial charge is 0.231 e. The third kappa shape index (κ3) is 2.49. The third-order valence-electron chi connectivity index (χ3n) is 5.70. The summed E-state index contributed by atoms with van der Waals surface area (Å²) < 4.78 is 0. The lowest BCUT2D eigenvalue weighted by molar-refractivity contribution is -0.176. The first kappa shape index (κ1) is 15.9. The number of piperidine rings is 1. The number of nitrogens with zero attached hydrogens (tertiary/aromatic N) is 2. The Balaban J connectivity index is 1.47. The largest absolute Gasteiger partial charge is 0.337 e. The number of amides is 1. The van der Waals surface area contributed by atoms with Gasteiger partial charge in [-0.2, -0.15) is 0 Å². The fourth-order valence-corrected chi connectivity index (χ4v) is 5.39. The maximum Gasteiger partial charge on any atom is 0.231 e. The van der Waals surface area contributed by atoms with E-state index in [-0.39, 0.29) is 11.5 Å². The Morgan fingerprint density at radius 2 is 1.83 bits per heavy atom. The molecule has 1 unspecified atom stereocenters. The van der Waals surface area contributed by atoms with Gasteiger partial charge in [0.2, 0.25) is 5.91 Å². The highest BCUT2D eigenvalue weighted by molar-refractivity contribution is 7.11. The molecule has 0 bridgehead atoms. The zero-order valence-corrected chi connectivity index (χ0v) is 15.2. The van der Waals surface area contributed by atoms with E-state index >= 15 is 0 Å². The van der Waals surface area contributed by atoms with E-state index in [1.54, 1.807) is 0 Å². The molecule has 2 aliphatic heterocycles. The SMILES string of the molecule is Cc1ccc(CN2CCC3(CC2)C(=O)N(C)C3c2ccccc2)s1. The molecule has 2 aromatic rings. The van der Waals surface area contributed by atoms with E-state index in [1.807, 2.05) is 29.4 Å². The molecule has 1 amide bonds. The minimum atomic E-state index is -0.169. The average Bonchev–Trinajstić information content (AvgIpc) is 3.02. The molecule has 1 spiro atoms. The van der Waals surface area contributed by atoms with Crippen LogP contribution < -0.4 is 0 Å². The van der Waals surface area contributed by atoms with Crippen LogP contribution in [0.5, 0.6) is 0 Å². The molecule has 2 fully saturated rings. The summed E-state index contributed by atoms with van der Waals surface area (Å²) in [6.45, 7) is 5.21. The van der Waals surface area contributed by atoms with Crippen LogP contribution >= 0.6 is 11.3 Å². The molecule has 1 aromatic carbocycles. The molecular weight excluding hydrogens is 316 g/mol. The van der Waals surface area contributed by atoms with E-state index in [4.69, 9.17) is 0 Å². The molecule has 0 saturated carbocycles. The van der Waals surface area contributed by atoms with Crippen LogP contribution in [0.2, 0.25) is 0 Å². The van der Waals surface area contributed by atoms with Crippen molar-refractivity contribution in [1.29, 1.82) is 0 Å². The van der Waals surface area contributed by atoms with E-state index in [2.05, 4.69) is 48.2 Å². The minimum absolute atomic E-state index is 0.169. The molecule has 4 heteroatoms. The minimum Gasteiger partial charge on any atom is -0.337 e.